The molecule has 0 aliphatic rings. The van der Waals surface area contributed by atoms with E-state index in [1.165, 1.54) is 0 Å². The highest BCUT2D eigenvalue weighted by Gasteiger charge is 2.13. The number of hydrogen-bond donors (Lipinski definition) is 1. The van der Waals surface area contributed by atoms with Crippen molar-refractivity contribution in [3.63, 3.8) is 0 Å². The maximum atomic E-state index is 6.23. The summed E-state index contributed by atoms with van der Waals surface area (Å²) in [6.07, 6.45) is 4.42. The van der Waals surface area contributed by atoms with Crippen LogP contribution in [0.2, 0.25) is 0 Å². The van der Waals surface area contributed by atoms with Gasteiger partial charge >= 0.3 is 0 Å². The normalized spacial score (nSPS) is 12.6. The summed E-state index contributed by atoms with van der Waals surface area (Å²) >= 11 is 0. The van der Waals surface area contributed by atoms with Gasteiger partial charge in [-0.25, -0.2) is 0 Å². The van der Waals surface area contributed by atoms with Crippen LogP contribution in [0.1, 0.15) is 29.9 Å². The van der Waals surface area contributed by atoms with E-state index < -0.39 is 0 Å². The molecule has 0 aliphatic carbocycles. The van der Waals surface area contributed by atoms with Crippen LogP contribution < -0.4 is 5.73 Å². The molecule has 2 aromatic rings. The van der Waals surface area contributed by atoms with E-state index in [1.54, 1.807) is 6.20 Å². The minimum atomic E-state index is -0.0275. The molecule has 1 unspecified atom stereocenters. The number of rotatable bonds is 4. The number of aryl methyl sites for hydroxylation is 2. The van der Waals surface area contributed by atoms with E-state index in [0.717, 1.165) is 29.9 Å². The first-order valence-electron chi connectivity index (χ1n) is 5.89. The Kier molecular flexibility index (Phi) is 3.54. The summed E-state index contributed by atoms with van der Waals surface area (Å²) in [6.45, 7) is 4.92. The van der Waals surface area contributed by atoms with Crippen molar-refractivity contribution in [2.24, 2.45) is 5.73 Å². The largest absolute Gasteiger partial charge is 0.322 e. The molecule has 0 spiro atoms. The second-order valence-corrected chi connectivity index (χ2v) is 4.20. The monoisotopic (exact) mass is 230 g/mol. The minimum absolute atomic E-state index is 0.0275. The molecular formula is C13H18N4. The Morgan fingerprint density at radius 1 is 1.47 bits per heavy atom. The van der Waals surface area contributed by atoms with Gasteiger partial charge in [0.1, 0.15) is 0 Å². The highest BCUT2D eigenvalue weighted by atomic mass is 15.3. The SMILES string of the molecule is CCn1nc(C)cc1C(N)Cc1cccnc1. The first-order chi connectivity index (χ1) is 8.20. The van der Waals surface area contributed by atoms with E-state index in [0.29, 0.717) is 0 Å². The number of pyridine rings is 1. The van der Waals surface area contributed by atoms with Gasteiger partial charge < -0.3 is 5.73 Å². The van der Waals surface area contributed by atoms with Gasteiger partial charge in [-0.1, -0.05) is 6.07 Å². The highest BCUT2D eigenvalue weighted by Crippen LogP contribution is 2.16. The molecule has 0 amide bonds. The van der Waals surface area contributed by atoms with Crippen LogP contribution in [0.4, 0.5) is 0 Å². The zero-order valence-electron chi connectivity index (χ0n) is 10.3. The summed E-state index contributed by atoms with van der Waals surface area (Å²) < 4.78 is 1.97. The van der Waals surface area contributed by atoms with Crippen LogP contribution in [-0.2, 0) is 13.0 Å². The Labute approximate surface area is 101 Å². The van der Waals surface area contributed by atoms with Gasteiger partial charge in [0, 0.05) is 18.9 Å². The summed E-state index contributed by atoms with van der Waals surface area (Å²) in [7, 11) is 0. The molecule has 0 aromatic carbocycles. The van der Waals surface area contributed by atoms with Gasteiger partial charge in [0.2, 0.25) is 0 Å². The number of hydrogen-bond acceptors (Lipinski definition) is 3. The molecule has 0 fully saturated rings. The maximum Gasteiger partial charge on any atom is 0.0597 e. The van der Waals surface area contributed by atoms with Crippen LogP contribution in [0.15, 0.2) is 30.6 Å². The lowest BCUT2D eigenvalue weighted by Crippen LogP contribution is -2.18. The zero-order valence-corrected chi connectivity index (χ0v) is 10.3. The van der Waals surface area contributed by atoms with Gasteiger partial charge in [-0.2, -0.15) is 5.10 Å². The van der Waals surface area contributed by atoms with Crippen LogP contribution in [0.5, 0.6) is 0 Å². The van der Waals surface area contributed by atoms with Crippen molar-refractivity contribution in [3.05, 3.63) is 47.5 Å². The molecule has 0 saturated heterocycles. The quantitative estimate of drug-likeness (QED) is 0.872. The third-order valence-corrected chi connectivity index (χ3v) is 2.79. The Morgan fingerprint density at radius 3 is 2.94 bits per heavy atom. The predicted octanol–water partition coefficient (Wildman–Crippen LogP) is 1.85. The fourth-order valence-corrected chi connectivity index (χ4v) is 1.99. The lowest BCUT2D eigenvalue weighted by atomic mass is 10.1. The summed E-state index contributed by atoms with van der Waals surface area (Å²) in [4.78, 5) is 4.10. The lowest BCUT2D eigenvalue weighted by Gasteiger charge is -2.13. The van der Waals surface area contributed by atoms with Crippen molar-refractivity contribution < 1.29 is 0 Å². The third kappa shape index (κ3) is 2.71. The molecule has 4 nitrogen and oxygen atoms in total. The molecule has 2 rings (SSSR count). The Hall–Kier alpha value is -1.68. The van der Waals surface area contributed by atoms with Crippen LogP contribution in [0.25, 0.3) is 0 Å². The van der Waals surface area contributed by atoms with Crippen molar-refractivity contribution in [1.82, 2.24) is 14.8 Å². The van der Waals surface area contributed by atoms with Gasteiger partial charge in [-0.15, -0.1) is 0 Å². The number of nitrogens with zero attached hydrogens (tertiary/aromatic N) is 3. The maximum absolute atomic E-state index is 6.23. The smallest absolute Gasteiger partial charge is 0.0597 e. The second-order valence-electron chi connectivity index (χ2n) is 4.20. The lowest BCUT2D eigenvalue weighted by molar-refractivity contribution is 0.566. The molecule has 0 bridgehead atoms. The van der Waals surface area contributed by atoms with Crippen LogP contribution in [0, 0.1) is 6.92 Å². The molecule has 90 valence electrons. The Bertz CT molecular complexity index is 475. The van der Waals surface area contributed by atoms with E-state index in [-0.39, 0.29) is 6.04 Å². The van der Waals surface area contributed by atoms with Gasteiger partial charge in [0.25, 0.3) is 0 Å². The van der Waals surface area contributed by atoms with E-state index in [2.05, 4.69) is 23.1 Å². The Morgan fingerprint density at radius 2 is 2.29 bits per heavy atom. The molecule has 2 aromatic heterocycles. The van der Waals surface area contributed by atoms with E-state index in [9.17, 15) is 0 Å². The Balaban J connectivity index is 2.17. The first-order valence-corrected chi connectivity index (χ1v) is 5.89. The van der Waals surface area contributed by atoms with Crippen molar-refractivity contribution >= 4 is 0 Å². The summed E-state index contributed by atoms with van der Waals surface area (Å²) in [6, 6.07) is 6.02. The second kappa shape index (κ2) is 5.10. The minimum Gasteiger partial charge on any atom is -0.322 e. The van der Waals surface area contributed by atoms with Crippen molar-refractivity contribution in [2.75, 3.05) is 0 Å². The van der Waals surface area contributed by atoms with Crippen molar-refractivity contribution in [3.8, 4) is 0 Å². The number of nitrogens with two attached hydrogens (primary N) is 1. The first kappa shape index (κ1) is 11.8. The summed E-state index contributed by atoms with van der Waals surface area (Å²) in [5.74, 6) is 0. The van der Waals surface area contributed by atoms with Gasteiger partial charge in [-0.3, -0.25) is 9.67 Å². The topological polar surface area (TPSA) is 56.7 Å². The molecule has 4 heteroatoms. The standard InChI is InChI=1S/C13H18N4/c1-3-17-13(7-10(2)16-17)12(14)8-11-5-4-6-15-9-11/h4-7,9,12H,3,8,14H2,1-2H3. The van der Waals surface area contributed by atoms with E-state index >= 15 is 0 Å². The number of aromatic nitrogens is 3. The molecule has 0 saturated carbocycles. The van der Waals surface area contributed by atoms with Crippen LogP contribution >= 0.6 is 0 Å². The van der Waals surface area contributed by atoms with E-state index in [4.69, 9.17) is 5.73 Å². The molecular weight excluding hydrogens is 212 g/mol. The average Bonchev–Trinajstić information content (AvgIpc) is 2.72. The van der Waals surface area contributed by atoms with E-state index in [1.807, 2.05) is 29.9 Å². The van der Waals surface area contributed by atoms with Crippen LogP contribution in [0.3, 0.4) is 0 Å². The summed E-state index contributed by atoms with van der Waals surface area (Å²) in [5, 5.41) is 4.41. The van der Waals surface area contributed by atoms with Crippen molar-refractivity contribution in [2.45, 2.75) is 32.9 Å². The highest BCUT2D eigenvalue weighted by molar-refractivity contribution is 5.18. The summed E-state index contributed by atoms with van der Waals surface area (Å²) in [5.41, 5.74) is 9.49. The van der Waals surface area contributed by atoms with Crippen molar-refractivity contribution in [1.29, 1.82) is 0 Å². The molecule has 17 heavy (non-hydrogen) atoms. The predicted molar refractivity (Wildman–Crippen MR) is 67.5 cm³/mol. The third-order valence-electron chi connectivity index (χ3n) is 2.79. The molecule has 0 radical (unpaired) electrons. The molecule has 2 N–H and O–H groups in total. The zero-order chi connectivity index (χ0) is 12.3. The van der Waals surface area contributed by atoms with Crippen LogP contribution in [-0.4, -0.2) is 14.8 Å². The van der Waals surface area contributed by atoms with Gasteiger partial charge in [0.05, 0.1) is 17.4 Å². The molecule has 2 heterocycles. The van der Waals surface area contributed by atoms with Gasteiger partial charge in [-0.05, 0) is 38.0 Å². The average molecular weight is 230 g/mol. The molecule has 0 aliphatic heterocycles. The molecule has 1 atom stereocenters. The fourth-order valence-electron chi connectivity index (χ4n) is 1.99. The van der Waals surface area contributed by atoms with Gasteiger partial charge in [0.15, 0.2) is 0 Å². The fraction of sp³-hybridized carbons (Fsp3) is 0.385.